The first kappa shape index (κ1) is 30.2. The lowest BCUT2D eigenvalue weighted by molar-refractivity contribution is -0.141. The molecule has 0 spiro atoms. The number of aryl methyl sites for hydroxylation is 1. The predicted molar refractivity (Wildman–Crippen MR) is 156 cm³/mol. The third kappa shape index (κ3) is 5.70. The third-order valence-electron chi connectivity index (χ3n) is 6.53. The molecular formula is C27H21Cl3F3N5O3S. The summed E-state index contributed by atoms with van der Waals surface area (Å²) >= 11 is 19.0. The van der Waals surface area contributed by atoms with E-state index in [2.05, 4.69) is 15.9 Å². The Balaban J connectivity index is 1.74. The van der Waals surface area contributed by atoms with Crippen molar-refractivity contribution in [3.8, 4) is 16.8 Å². The van der Waals surface area contributed by atoms with E-state index in [1.807, 2.05) is 0 Å². The van der Waals surface area contributed by atoms with E-state index in [1.54, 1.807) is 47.6 Å². The first-order chi connectivity index (χ1) is 19.7. The van der Waals surface area contributed by atoms with Crippen LogP contribution in [0.3, 0.4) is 0 Å². The molecule has 0 aliphatic carbocycles. The maximum absolute atomic E-state index is 13.6. The second kappa shape index (κ2) is 11.1. The summed E-state index contributed by atoms with van der Waals surface area (Å²) in [6, 6.07) is 12.6. The fraction of sp³-hybridized carbons (Fsp3) is 0.148. The zero-order valence-electron chi connectivity index (χ0n) is 21.8. The van der Waals surface area contributed by atoms with Gasteiger partial charge in [-0.2, -0.15) is 13.2 Å². The maximum Gasteiger partial charge on any atom is 0.434 e. The maximum atomic E-state index is 13.6. The minimum atomic E-state index is -4.67. The van der Waals surface area contributed by atoms with Gasteiger partial charge in [0.1, 0.15) is 5.82 Å². The number of alkyl halides is 3. The van der Waals surface area contributed by atoms with Gasteiger partial charge in [-0.05, 0) is 60.5 Å². The molecule has 220 valence electrons. The van der Waals surface area contributed by atoms with Crippen molar-refractivity contribution >= 4 is 56.0 Å². The highest BCUT2D eigenvalue weighted by molar-refractivity contribution is 7.90. The van der Waals surface area contributed by atoms with Crippen LogP contribution in [-0.2, 0) is 22.6 Å². The molecule has 3 N–H and O–H groups in total. The Morgan fingerprint density at radius 3 is 2.33 bits per heavy atom. The number of aliphatic hydroxyl groups excluding tert-OH is 1. The molecule has 15 heteroatoms. The largest absolute Gasteiger partial charge is 0.434 e. The number of aromatic nitrogens is 2. The summed E-state index contributed by atoms with van der Waals surface area (Å²) in [7, 11) is -3.78. The average Bonchev–Trinajstić information content (AvgIpc) is 3.54. The van der Waals surface area contributed by atoms with Crippen LogP contribution in [0.4, 0.5) is 18.9 Å². The summed E-state index contributed by atoms with van der Waals surface area (Å²) < 4.78 is 67.0. The first-order valence-electron chi connectivity index (χ1n) is 12.1. The van der Waals surface area contributed by atoms with Gasteiger partial charge in [-0.1, -0.05) is 40.9 Å². The summed E-state index contributed by atoms with van der Waals surface area (Å²) in [4.78, 5) is 3.56. The van der Waals surface area contributed by atoms with Gasteiger partial charge in [0.25, 0.3) is 0 Å². The Morgan fingerprint density at radius 1 is 0.976 bits per heavy atom. The van der Waals surface area contributed by atoms with Crippen LogP contribution >= 0.6 is 34.8 Å². The molecular weight excluding hydrogens is 638 g/mol. The molecule has 42 heavy (non-hydrogen) atoms. The number of aliphatic hydroxyl groups is 1. The normalized spacial score (nSPS) is 13.8. The van der Waals surface area contributed by atoms with E-state index >= 15 is 0 Å². The molecule has 1 aliphatic rings. The van der Waals surface area contributed by atoms with E-state index in [-0.39, 0.29) is 21.3 Å². The van der Waals surface area contributed by atoms with Gasteiger partial charge in [0, 0.05) is 39.8 Å². The lowest BCUT2D eigenvalue weighted by Crippen LogP contribution is -2.37. The van der Waals surface area contributed by atoms with E-state index in [0.29, 0.717) is 43.8 Å². The standard InChI is InChI=1S/C27H21Cl3F3N5O3S/c1-14-35-26(27(31,32)33)12-37(14)22-6-3-15(16-7-20(29)19(13-39)25(9-16)42(2,40)41)8-23(22)38-24(11-34-36-38)18-5-4-17(28)10-21(18)30/h3-12,34,36,39H,13H2,1-2H3. The van der Waals surface area contributed by atoms with Crippen LogP contribution in [0.25, 0.3) is 22.5 Å². The topological polar surface area (TPSA) is 99.5 Å². The number of hydrogen-bond donors (Lipinski definition) is 3. The predicted octanol–water partition coefficient (Wildman–Crippen LogP) is 6.55. The number of sulfone groups is 1. The molecule has 0 saturated heterocycles. The first-order valence-corrected chi connectivity index (χ1v) is 15.1. The molecule has 0 amide bonds. The van der Waals surface area contributed by atoms with Crippen molar-refractivity contribution in [3.63, 3.8) is 0 Å². The summed E-state index contributed by atoms with van der Waals surface area (Å²) in [5.74, 6) is 0.0771. The number of nitrogens with zero attached hydrogens (tertiary/aromatic N) is 3. The van der Waals surface area contributed by atoms with Crippen molar-refractivity contribution in [1.29, 1.82) is 0 Å². The fourth-order valence-corrected chi connectivity index (χ4v) is 6.38. The van der Waals surface area contributed by atoms with Gasteiger partial charge in [-0.15, -0.1) is 5.53 Å². The van der Waals surface area contributed by atoms with Gasteiger partial charge < -0.3 is 15.1 Å². The Bertz CT molecular complexity index is 1860. The van der Waals surface area contributed by atoms with Crippen molar-refractivity contribution in [2.45, 2.75) is 24.6 Å². The molecule has 3 aromatic carbocycles. The molecule has 1 aromatic heterocycles. The number of rotatable bonds is 6. The van der Waals surface area contributed by atoms with Crippen LogP contribution in [-0.4, -0.2) is 29.3 Å². The van der Waals surface area contributed by atoms with E-state index < -0.39 is 28.3 Å². The molecule has 1 aliphatic heterocycles. The molecule has 4 aromatic rings. The van der Waals surface area contributed by atoms with Crippen molar-refractivity contribution in [2.24, 2.45) is 0 Å². The monoisotopic (exact) mass is 657 g/mol. The van der Waals surface area contributed by atoms with Gasteiger partial charge in [-0.25, -0.2) is 13.4 Å². The number of anilines is 1. The van der Waals surface area contributed by atoms with Crippen LogP contribution in [0.2, 0.25) is 15.1 Å². The number of hydrogen-bond acceptors (Lipinski definition) is 7. The zero-order chi connectivity index (χ0) is 30.6. The summed E-state index contributed by atoms with van der Waals surface area (Å²) in [6.07, 6.45) is -1.16. The highest BCUT2D eigenvalue weighted by Crippen LogP contribution is 2.40. The van der Waals surface area contributed by atoms with Crippen molar-refractivity contribution in [3.05, 3.63) is 98.6 Å². The molecule has 0 atom stereocenters. The van der Waals surface area contributed by atoms with Crippen molar-refractivity contribution in [1.82, 2.24) is 20.5 Å². The Hall–Kier alpha value is -3.26. The Morgan fingerprint density at radius 2 is 1.71 bits per heavy atom. The minimum Gasteiger partial charge on any atom is -0.392 e. The van der Waals surface area contributed by atoms with E-state index in [9.17, 15) is 26.7 Å². The minimum absolute atomic E-state index is 0.0378. The second-order valence-electron chi connectivity index (χ2n) is 9.35. The van der Waals surface area contributed by atoms with Gasteiger partial charge in [0.05, 0.1) is 33.6 Å². The number of halogens is 6. The number of nitrogens with one attached hydrogen (secondary N) is 2. The fourth-order valence-electron chi connectivity index (χ4n) is 4.58. The van der Waals surface area contributed by atoms with Crippen LogP contribution in [0.15, 0.2) is 65.8 Å². The van der Waals surface area contributed by atoms with Crippen molar-refractivity contribution < 1.29 is 26.7 Å². The Kier molecular flexibility index (Phi) is 7.98. The van der Waals surface area contributed by atoms with Crippen LogP contribution in [0, 0.1) is 6.92 Å². The van der Waals surface area contributed by atoms with E-state index in [4.69, 9.17) is 34.8 Å². The van der Waals surface area contributed by atoms with Gasteiger partial charge in [0.2, 0.25) is 0 Å². The lowest BCUT2D eigenvalue weighted by Gasteiger charge is -2.26. The molecule has 0 radical (unpaired) electrons. The molecule has 0 saturated carbocycles. The smallest absolute Gasteiger partial charge is 0.392 e. The van der Waals surface area contributed by atoms with E-state index in [0.717, 1.165) is 12.5 Å². The zero-order valence-corrected chi connectivity index (χ0v) is 24.8. The second-order valence-corrected chi connectivity index (χ2v) is 12.6. The highest BCUT2D eigenvalue weighted by Gasteiger charge is 2.35. The highest BCUT2D eigenvalue weighted by atomic mass is 35.5. The van der Waals surface area contributed by atoms with Gasteiger partial charge in [-0.3, -0.25) is 5.01 Å². The number of imidazole rings is 1. The van der Waals surface area contributed by atoms with Crippen LogP contribution < -0.4 is 16.0 Å². The van der Waals surface area contributed by atoms with Gasteiger partial charge >= 0.3 is 6.18 Å². The van der Waals surface area contributed by atoms with Crippen molar-refractivity contribution in [2.75, 3.05) is 11.3 Å². The molecule has 0 bridgehead atoms. The molecule has 2 heterocycles. The number of benzene rings is 3. The molecule has 0 fully saturated rings. The van der Waals surface area contributed by atoms with Crippen LogP contribution in [0.5, 0.6) is 0 Å². The molecule has 0 unspecified atom stereocenters. The average molecular weight is 659 g/mol. The molecule has 5 rings (SSSR count). The number of hydrazine groups is 2. The Labute approximate surface area is 253 Å². The lowest BCUT2D eigenvalue weighted by atomic mass is 10.0. The molecule has 8 nitrogen and oxygen atoms in total. The van der Waals surface area contributed by atoms with Gasteiger partial charge in [0.15, 0.2) is 15.5 Å². The van der Waals surface area contributed by atoms with Crippen LogP contribution in [0.1, 0.15) is 22.6 Å². The summed E-state index contributed by atoms with van der Waals surface area (Å²) in [6.45, 7) is 0.855. The SMILES string of the molecule is Cc1nc(C(F)(F)F)cn1-c1ccc(-c2cc(Cl)c(CO)c(S(C)(=O)=O)c2)cc1N1NNC=C1c1ccc(Cl)cc1Cl. The quantitative estimate of drug-likeness (QED) is 0.216. The van der Waals surface area contributed by atoms with E-state index in [1.165, 1.54) is 23.6 Å². The summed E-state index contributed by atoms with van der Waals surface area (Å²) in [5.41, 5.74) is 7.45. The third-order valence-corrected chi connectivity index (χ3v) is 8.58. The summed E-state index contributed by atoms with van der Waals surface area (Å²) in [5, 5.41) is 12.1.